The van der Waals surface area contributed by atoms with Gasteiger partial charge in [-0.2, -0.15) is 0 Å². The van der Waals surface area contributed by atoms with Crippen molar-refractivity contribution in [2.24, 2.45) is 0 Å². The molecular weight excluding hydrogens is 378 g/mol. The minimum absolute atomic E-state index is 0.170. The van der Waals surface area contributed by atoms with Gasteiger partial charge in [0, 0.05) is 4.88 Å². The van der Waals surface area contributed by atoms with Crippen molar-refractivity contribution in [2.75, 3.05) is 25.6 Å². The van der Waals surface area contributed by atoms with Gasteiger partial charge in [-0.3, -0.25) is 4.79 Å². The second kappa shape index (κ2) is 9.59. The van der Waals surface area contributed by atoms with Crippen molar-refractivity contribution in [2.45, 2.75) is 39.0 Å². The molecule has 150 valence electrons. The number of nitrogens with one attached hydrogen (secondary N) is 1. The van der Waals surface area contributed by atoms with E-state index in [0.717, 1.165) is 31.2 Å². The maximum absolute atomic E-state index is 12.4. The Morgan fingerprint density at radius 2 is 1.89 bits per heavy atom. The quantitative estimate of drug-likeness (QED) is 0.668. The van der Waals surface area contributed by atoms with Crippen LogP contribution in [0, 0.1) is 0 Å². The average molecular weight is 404 g/mol. The third-order valence-corrected chi connectivity index (χ3v) is 5.77. The molecule has 1 heterocycles. The van der Waals surface area contributed by atoms with Crippen LogP contribution in [0.5, 0.6) is 11.5 Å². The standard InChI is InChI=1S/C21H25NO5S/c1-3-26-21(24)19-14-8-4-7-11-17(14)28-20(19)22-18(23)12-13-27-16-10-6-5-9-15(16)25-2/h5-6,9-10H,3-4,7-8,11-13H2,1-2H3,(H,22,23). The number of methoxy groups -OCH3 is 1. The third kappa shape index (κ3) is 4.65. The summed E-state index contributed by atoms with van der Waals surface area (Å²) in [6.07, 6.45) is 4.13. The van der Waals surface area contributed by atoms with Crippen LogP contribution in [0.2, 0.25) is 0 Å². The molecule has 1 aliphatic carbocycles. The Balaban J connectivity index is 1.65. The molecule has 0 fully saturated rings. The highest BCUT2D eigenvalue weighted by Gasteiger charge is 2.27. The Bertz CT molecular complexity index is 845. The molecule has 0 saturated carbocycles. The van der Waals surface area contributed by atoms with E-state index in [0.29, 0.717) is 28.7 Å². The van der Waals surface area contributed by atoms with Crippen molar-refractivity contribution in [3.05, 3.63) is 40.3 Å². The first-order valence-electron chi connectivity index (χ1n) is 9.51. The van der Waals surface area contributed by atoms with Crippen molar-refractivity contribution < 1.29 is 23.8 Å². The maximum Gasteiger partial charge on any atom is 0.341 e. The SMILES string of the molecule is CCOC(=O)c1c(NC(=O)CCOc2ccccc2OC)sc2c1CCCC2. The molecule has 6 nitrogen and oxygen atoms in total. The fourth-order valence-corrected chi connectivity index (χ4v) is 4.55. The molecule has 2 aromatic rings. The molecule has 1 aromatic carbocycles. The summed E-state index contributed by atoms with van der Waals surface area (Å²) in [5.41, 5.74) is 1.57. The number of anilines is 1. The number of rotatable bonds is 8. The van der Waals surface area contributed by atoms with Gasteiger partial charge < -0.3 is 19.5 Å². The van der Waals surface area contributed by atoms with Gasteiger partial charge in [-0.15, -0.1) is 11.3 Å². The molecular formula is C21H25NO5S. The number of carbonyl (C=O) groups is 2. The van der Waals surface area contributed by atoms with Crippen molar-refractivity contribution in [1.29, 1.82) is 0 Å². The molecule has 0 radical (unpaired) electrons. The van der Waals surface area contributed by atoms with Crippen LogP contribution in [0.4, 0.5) is 5.00 Å². The predicted octanol–water partition coefficient (Wildman–Crippen LogP) is 4.22. The lowest BCUT2D eigenvalue weighted by atomic mass is 9.95. The van der Waals surface area contributed by atoms with Crippen LogP contribution in [0.3, 0.4) is 0 Å². The number of esters is 1. The summed E-state index contributed by atoms with van der Waals surface area (Å²) in [5.74, 6) is 0.663. The van der Waals surface area contributed by atoms with Gasteiger partial charge in [-0.05, 0) is 50.3 Å². The van der Waals surface area contributed by atoms with Crippen molar-refractivity contribution >= 4 is 28.2 Å². The second-order valence-corrected chi connectivity index (χ2v) is 7.54. The van der Waals surface area contributed by atoms with E-state index in [1.807, 2.05) is 12.1 Å². The molecule has 0 bridgehead atoms. The van der Waals surface area contributed by atoms with Crippen LogP contribution in [0.25, 0.3) is 0 Å². The molecule has 0 saturated heterocycles. The van der Waals surface area contributed by atoms with E-state index in [1.54, 1.807) is 26.2 Å². The van der Waals surface area contributed by atoms with Gasteiger partial charge in [0.15, 0.2) is 11.5 Å². The van der Waals surface area contributed by atoms with E-state index < -0.39 is 0 Å². The van der Waals surface area contributed by atoms with Gasteiger partial charge in [-0.25, -0.2) is 4.79 Å². The predicted molar refractivity (Wildman–Crippen MR) is 109 cm³/mol. The fourth-order valence-electron chi connectivity index (χ4n) is 3.25. The summed E-state index contributed by atoms with van der Waals surface area (Å²) < 4.78 is 16.1. The first kappa shape index (κ1) is 20.2. The van der Waals surface area contributed by atoms with Gasteiger partial charge in [0.05, 0.1) is 32.3 Å². The fraction of sp³-hybridized carbons (Fsp3) is 0.429. The molecule has 0 aliphatic heterocycles. The summed E-state index contributed by atoms with van der Waals surface area (Å²) in [7, 11) is 1.57. The molecule has 1 aliphatic rings. The van der Waals surface area contributed by atoms with Crippen LogP contribution in [0.1, 0.15) is 47.0 Å². The highest BCUT2D eigenvalue weighted by atomic mass is 32.1. The summed E-state index contributed by atoms with van der Waals surface area (Å²) in [6.45, 7) is 2.31. The topological polar surface area (TPSA) is 73.9 Å². The van der Waals surface area contributed by atoms with Crippen LogP contribution in [-0.4, -0.2) is 32.2 Å². The van der Waals surface area contributed by atoms with E-state index >= 15 is 0 Å². The third-order valence-electron chi connectivity index (χ3n) is 4.56. The van der Waals surface area contributed by atoms with E-state index in [2.05, 4.69) is 5.32 Å². The van der Waals surface area contributed by atoms with Gasteiger partial charge in [0.1, 0.15) is 5.00 Å². The Kier molecular flexibility index (Phi) is 6.92. The van der Waals surface area contributed by atoms with Crippen molar-refractivity contribution in [3.8, 4) is 11.5 Å². The summed E-state index contributed by atoms with van der Waals surface area (Å²) in [4.78, 5) is 26.1. The number of hydrogen-bond acceptors (Lipinski definition) is 6. The maximum atomic E-state index is 12.4. The number of fused-ring (bicyclic) bond motifs is 1. The lowest BCUT2D eigenvalue weighted by Gasteiger charge is -2.12. The lowest BCUT2D eigenvalue weighted by Crippen LogP contribution is -2.17. The average Bonchev–Trinajstić information content (AvgIpc) is 3.06. The second-order valence-electron chi connectivity index (χ2n) is 6.43. The van der Waals surface area contributed by atoms with E-state index in [-0.39, 0.29) is 24.9 Å². The van der Waals surface area contributed by atoms with Gasteiger partial charge in [0.2, 0.25) is 5.91 Å². The number of benzene rings is 1. The highest BCUT2D eigenvalue weighted by molar-refractivity contribution is 7.17. The Morgan fingerprint density at radius 1 is 1.14 bits per heavy atom. The van der Waals surface area contributed by atoms with Gasteiger partial charge >= 0.3 is 5.97 Å². The van der Waals surface area contributed by atoms with Crippen molar-refractivity contribution in [3.63, 3.8) is 0 Å². The minimum Gasteiger partial charge on any atom is -0.493 e. The highest BCUT2D eigenvalue weighted by Crippen LogP contribution is 2.38. The number of thiophene rings is 1. The molecule has 0 unspecified atom stereocenters. The molecule has 0 atom stereocenters. The number of amides is 1. The summed E-state index contributed by atoms with van der Waals surface area (Å²) in [5, 5.41) is 3.48. The molecule has 3 rings (SSSR count). The molecule has 28 heavy (non-hydrogen) atoms. The zero-order chi connectivity index (χ0) is 19.9. The molecule has 1 N–H and O–H groups in total. The van der Waals surface area contributed by atoms with Crippen LogP contribution < -0.4 is 14.8 Å². The number of ether oxygens (including phenoxy) is 3. The molecule has 1 amide bonds. The Hall–Kier alpha value is -2.54. The smallest absolute Gasteiger partial charge is 0.341 e. The Morgan fingerprint density at radius 3 is 2.64 bits per heavy atom. The van der Waals surface area contributed by atoms with Crippen molar-refractivity contribution in [1.82, 2.24) is 0 Å². The van der Waals surface area contributed by atoms with E-state index in [9.17, 15) is 9.59 Å². The Labute approximate surface area is 168 Å². The number of aryl methyl sites for hydroxylation is 1. The zero-order valence-corrected chi connectivity index (χ0v) is 17.0. The number of carbonyl (C=O) groups excluding carboxylic acids is 2. The molecule has 0 spiro atoms. The number of para-hydroxylation sites is 2. The van der Waals surface area contributed by atoms with Crippen LogP contribution in [0.15, 0.2) is 24.3 Å². The first-order chi connectivity index (χ1) is 13.6. The number of hydrogen-bond donors (Lipinski definition) is 1. The zero-order valence-electron chi connectivity index (χ0n) is 16.2. The van der Waals surface area contributed by atoms with Gasteiger partial charge in [0.25, 0.3) is 0 Å². The summed E-state index contributed by atoms with van der Waals surface area (Å²) >= 11 is 1.49. The summed E-state index contributed by atoms with van der Waals surface area (Å²) in [6, 6.07) is 7.30. The first-order valence-corrected chi connectivity index (χ1v) is 10.3. The minimum atomic E-state index is -0.359. The van der Waals surface area contributed by atoms with Gasteiger partial charge in [-0.1, -0.05) is 12.1 Å². The normalized spacial score (nSPS) is 12.8. The molecule has 7 heteroatoms. The van der Waals surface area contributed by atoms with E-state index in [1.165, 1.54) is 16.2 Å². The largest absolute Gasteiger partial charge is 0.493 e. The lowest BCUT2D eigenvalue weighted by molar-refractivity contribution is -0.116. The molecule has 1 aromatic heterocycles. The monoisotopic (exact) mass is 403 g/mol. The van der Waals surface area contributed by atoms with Crippen LogP contribution in [-0.2, 0) is 22.4 Å². The van der Waals surface area contributed by atoms with E-state index in [4.69, 9.17) is 14.2 Å². The van der Waals surface area contributed by atoms with Crippen LogP contribution >= 0.6 is 11.3 Å².